The molecule has 3 nitrogen and oxygen atoms in total. The maximum atomic E-state index is 11.3. The summed E-state index contributed by atoms with van der Waals surface area (Å²) in [6.07, 6.45) is 2.97. The highest BCUT2D eigenvalue weighted by molar-refractivity contribution is 5.76. The molecule has 92 valence electrons. The molecule has 0 fully saturated rings. The Hall–Kier alpha value is -2.16. The highest BCUT2D eigenvalue weighted by Gasteiger charge is 2.19. The summed E-state index contributed by atoms with van der Waals surface area (Å²) in [5, 5.41) is 9.28. The number of aryl methyl sites for hydroxylation is 1. The van der Waals surface area contributed by atoms with E-state index in [9.17, 15) is 9.90 Å². The lowest BCUT2D eigenvalue weighted by molar-refractivity contribution is -0.138. The predicted molar refractivity (Wildman–Crippen MR) is 69.4 cm³/mol. The van der Waals surface area contributed by atoms with E-state index in [-0.39, 0.29) is 0 Å². The van der Waals surface area contributed by atoms with Gasteiger partial charge in [0.25, 0.3) is 0 Å². The summed E-state index contributed by atoms with van der Waals surface area (Å²) < 4.78 is 0. The molecule has 1 N–H and O–H groups in total. The number of carboxylic acids is 1. The average Bonchev–Trinajstić information content (AvgIpc) is 2.41. The van der Waals surface area contributed by atoms with Gasteiger partial charge in [0.1, 0.15) is 0 Å². The van der Waals surface area contributed by atoms with E-state index in [1.54, 1.807) is 6.20 Å². The summed E-state index contributed by atoms with van der Waals surface area (Å²) in [6, 6.07) is 15.0. The van der Waals surface area contributed by atoms with Crippen molar-refractivity contribution in [1.29, 1.82) is 0 Å². The quantitative estimate of drug-likeness (QED) is 0.875. The highest BCUT2D eigenvalue weighted by Crippen LogP contribution is 2.21. The molecule has 1 aromatic heterocycles. The zero-order valence-electron chi connectivity index (χ0n) is 9.99. The Kier molecular flexibility index (Phi) is 4.07. The molecule has 0 saturated heterocycles. The minimum atomic E-state index is -0.780. The highest BCUT2D eigenvalue weighted by atomic mass is 16.4. The van der Waals surface area contributed by atoms with E-state index in [4.69, 9.17) is 0 Å². The second-order valence-corrected chi connectivity index (χ2v) is 4.16. The molecule has 1 atom stereocenters. The molecule has 0 spiro atoms. The molecular weight excluding hydrogens is 226 g/mol. The van der Waals surface area contributed by atoms with Crippen molar-refractivity contribution in [3.05, 3.63) is 66.0 Å². The number of carbonyl (C=O) groups is 1. The first-order valence-corrected chi connectivity index (χ1v) is 5.95. The van der Waals surface area contributed by atoms with E-state index in [1.807, 2.05) is 48.5 Å². The Morgan fingerprint density at radius 2 is 1.83 bits per heavy atom. The monoisotopic (exact) mass is 241 g/mol. The Morgan fingerprint density at radius 3 is 2.44 bits per heavy atom. The first-order valence-electron chi connectivity index (χ1n) is 5.95. The van der Waals surface area contributed by atoms with Crippen LogP contribution < -0.4 is 0 Å². The molecule has 0 aliphatic rings. The number of hydrogen-bond acceptors (Lipinski definition) is 2. The van der Waals surface area contributed by atoms with Gasteiger partial charge in [-0.15, -0.1) is 0 Å². The molecule has 1 heterocycles. The van der Waals surface area contributed by atoms with Gasteiger partial charge in [-0.05, 0) is 30.5 Å². The van der Waals surface area contributed by atoms with Crippen LogP contribution in [0.25, 0.3) is 0 Å². The molecule has 0 amide bonds. The van der Waals surface area contributed by atoms with Crippen LogP contribution in [0.1, 0.15) is 23.6 Å². The number of aromatic nitrogens is 1. The first-order chi connectivity index (χ1) is 8.77. The summed E-state index contributed by atoms with van der Waals surface area (Å²) in [7, 11) is 0. The van der Waals surface area contributed by atoms with Gasteiger partial charge < -0.3 is 5.11 Å². The molecular formula is C15H15NO2. The molecule has 0 aliphatic carbocycles. The van der Waals surface area contributed by atoms with Crippen LogP contribution in [0, 0.1) is 0 Å². The van der Waals surface area contributed by atoms with Gasteiger partial charge in [0.15, 0.2) is 0 Å². The van der Waals surface area contributed by atoms with Crippen LogP contribution >= 0.6 is 0 Å². The van der Waals surface area contributed by atoms with Crippen LogP contribution in [0.4, 0.5) is 0 Å². The van der Waals surface area contributed by atoms with Crippen LogP contribution in [0.5, 0.6) is 0 Å². The van der Waals surface area contributed by atoms with Crippen molar-refractivity contribution < 1.29 is 9.90 Å². The largest absolute Gasteiger partial charge is 0.481 e. The van der Waals surface area contributed by atoms with E-state index in [1.165, 1.54) is 0 Å². The van der Waals surface area contributed by atoms with Crippen molar-refractivity contribution in [2.45, 2.75) is 18.8 Å². The van der Waals surface area contributed by atoms with Gasteiger partial charge in [-0.2, -0.15) is 0 Å². The third-order valence-corrected chi connectivity index (χ3v) is 2.92. The lowest BCUT2D eigenvalue weighted by Crippen LogP contribution is -2.12. The van der Waals surface area contributed by atoms with Gasteiger partial charge in [0.2, 0.25) is 0 Å². The summed E-state index contributed by atoms with van der Waals surface area (Å²) in [6.45, 7) is 0. The average molecular weight is 241 g/mol. The van der Waals surface area contributed by atoms with Crippen molar-refractivity contribution in [2.75, 3.05) is 0 Å². The summed E-state index contributed by atoms with van der Waals surface area (Å²) in [4.78, 5) is 15.5. The summed E-state index contributed by atoms with van der Waals surface area (Å²) >= 11 is 0. The maximum absolute atomic E-state index is 11.3. The lowest BCUT2D eigenvalue weighted by atomic mass is 9.93. The summed E-state index contributed by atoms with van der Waals surface area (Å²) in [5.74, 6) is -1.25. The maximum Gasteiger partial charge on any atom is 0.310 e. The van der Waals surface area contributed by atoms with Gasteiger partial charge in [0.05, 0.1) is 5.92 Å². The zero-order valence-corrected chi connectivity index (χ0v) is 9.99. The number of rotatable bonds is 5. The number of benzene rings is 1. The van der Waals surface area contributed by atoms with Gasteiger partial charge >= 0.3 is 5.97 Å². The van der Waals surface area contributed by atoms with Crippen molar-refractivity contribution in [3.63, 3.8) is 0 Å². The van der Waals surface area contributed by atoms with Crippen LogP contribution in [-0.4, -0.2) is 16.1 Å². The van der Waals surface area contributed by atoms with Crippen molar-refractivity contribution in [2.24, 2.45) is 0 Å². The Bertz CT molecular complexity index is 496. The number of pyridine rings is 1. The van der Waals surface area contributed by atoms with Crippen molar-refractivity contribution in [1.82, 2.24) is 4.98 Å². The van der Waals surface area contributed by atoms with Crippen LogP contribution in [0.3, 0.4) is 0 Å². The molecule has 2 aromatic rings. The van der Waals surface area contributed by atoms with Gasteiger partial charge in [-0.1, -0.05) is 36.4 Å². The Labute approximate surface area is 106 Å². The van der Waals surface area contributed by atoms with Crippen LogP contribution in [-0.2, 0) is 11.2 Å². The van der Waals surface area contributed by atoms with Crippen LogP contribution in [0.2, 0.25) is 0 Å². The van der Waals surface area contributed by atoms with Crippen molar-refractivity contribution in [3.8, 4) is 0 Å². The van der Waals surface area contributed by atoms with E-state index in [0.29, 0.717) is 12.8 Å². The molecule has 3 heteroatoms. The minimum Gasteiger partial charge on any atom is -0.481 e. The number of carboxylic acid groups (broad SMARTS) is 1. The number of nitrogens with zero attached hydrogens (tertiary/aromatic N) is 1. The third kappa shape index (κ3) is 3.17. The third-order valence-electron chi connectivity index (χ3n) is 2.92. The molecule has 2 rings (SSSR count). The normalized spacial score (nSPS) is 12.0. The van der Waals surface area contributed by atoms with E-state index in [2.05, 4.69) is 4.98 Å². The number of aliphatic carboxylic acids is 1. The fourth-order valence-corrected chi connectivity index (χ4v) is 1.96. The minimum absolute atomic E-state index is 0.465. The molecule has 0 saturated carbocycles. The molecule has 0 aliphatic heterocycles. The molecule has 18 heavy (non-hydrogen) atoms. The Balaban J connectivity index is 2.06. The fraction of sp³-hybridized carbons (Fsp3) is 0.200. The second kappa shape index (κ2) is 5.96. The molecule has 1 unspecified atom stereocenters. The molecule has 0 bridgehead atoms. The summed E-state index contributed by atoms with van der Waals surface area (Å²) in [5.41, 5.74) is 1.78. The fourth-order valence-electron chi connectivity index (χ4n) is 1.96. The first kappa shape index (κ1) is 12.3. The lowest BCUT2D eigenvalue weighted by Gasteiger charge is -2.12. The SMILES string of the molecule is O=C(O)C(CCc1ccccn1)c1ccccc1. The van der Waals surface area contributed by atoms with Crippen LogP contribution in [0.15, 0.2) is 54.7 Å². The number of hydrogen-bond donors (Lipinski definition) is 1. The van der Waals surface area contributed by atoms with Crippen molar-refractivity contribution >= 4 is 5.97 Å². The molecule has 1 aromatic carbocycles. The smallest absolute Gasteiger partial charge is 0.310 e. The standard InChI is InChI=1S/C15H15NO2/c17-15(18)14(12-6-2-1-3-7-12)10-9-13-8-4-5-11-16-13/h1-8,11,14H,9-10H2,(H,17,18). The topological polar surface area (TPSA) is 50.2 Å². The zero-order chi connectivity index (χ0) is 12.8. The predicted octanol–water partition coefficient (Wildman–Crippen LogP) is 2.88. The molecule has 0 radical (unpaired) electrons. The Morgan fingerprint density at radius 1 is 1.11 bits per heavy atom. The van der Waals surface area contributed by atoms with Gasteiger partial charge in [0, 0.05) is 11.9 Å². The van der Waals surface area contributed by atoms with E-state index in [0.717, 1.165) is 11.3 Å². The van der Waals surface area contributed by atoms with Gasteiger partial charge in [-0.25, -0.2) is 0 Å². The van der Waals surface area contributed by atoms with E-state index >= 15 is 0 Å². The van der Waals surface area contributed by atoms with E-state index < -0.39 is 11.9 Å². The second-order valence-electron chi connectivity index (χ2n) is 4.16. The van der Waals surface area contributed by atoms with Gasteiger partial charge in [-0.3, -0.25) is 9.78 Å².